The highest BCUT2D eigenvalue weighted by Crippen LogP contribution is 2.22. The van der Waals surface area contributed by atoms with Gasteiger partial charge in [-0.1, -0.05) is 0 Å². The summed E-state index contributed by atoms with van der Waals surface area (Å²) >= 11 is 0. The average molecular weight is 341 g/mol. The van der Waals surface area contributed by atoms with Gasteiger partial charge in [-0.05, 0) is 51.1 Å². The van der Waals surface area contributed by atoms with Crippen molar-refractivity contribution >= 4 is 12.4 Å². The van der Waals surface area contributed by atoms with E-state index in [0.29, 0.717) is 6.04 Å². The van der Waals surface area contributed by atoms with Crippen LogP contribution in [0.25, 0.3) is 0 Å². The van der Waals surface area contributed by atoms with E-state index < -0.39 is 0 Å². The van der Waals surface area contributed by atoms with Crippen LogP contribution in [0.3, 0.4) is 0 Å². The largest absolute Gasteiger partial charge is 0.381 e. The number of hydrogen-bond acceptors (Lipinski definition) is 5. The summed E-state index contributed by atoms with van der Waals surface area (Å²) in [5.74, 6) is 0.773. The van der Waals surface area contributed by atoms with Crippen molar-refractivity contribution in [2.75, 3.05) is 32.8 Å². The number of aromatic nitrogens is 2. The molecule has 3 rings (SSSR count). The van der Waals surface area contributed by atoms with Gasteiger partial charge < -0.3 is 10.1 Å². The molecule has 1 aromatic rings. The van der Waals surface area contributed by atoms with Gasteiger partial charge in [-0.25, -0.2) is 9.97 Å². The molecule has 2 saturated heterocycles. The summed E-state index contributed by atoms with van der Waals surface area (Å²) in [6, 6.07) is 0.679. The third-order valence-electron chi connectivity index (χ3n) is 4.89. The van der Waals surface area contributed by atoms with E-state index in [2.05, 4.69) is 20.2 Å². The summed E-state index contributed by atoms with van der Waals surface area (Å²) in [5, 5.41) is 3.53. The minimum atomic E-state index is 0. The molecule has 130 valence electrons. The minimum Gasteiger partial charge on any atom is -0.381 e. The van der Waals surface area contributed by atoms with Gasteiger partial charge in [0.15, 0.2) is 0 Å². The van der Waals surface area contributed by atoms with Crippen LogP contribution in [0, 0.1) is 5.92 Å². The van der Waals surface area contributed by atoms with Crippen LogP contribution in [-0.2, 0) is 11.3 Å². The Kier molecular flexibility index (Phi) is 8.23. The lowest BCUT2D eigenvalue weighted by Crippen LogP contribution is -2.40. The summed E-state index contributed by atoms with van der Waals surface area (Å²) in [6.45, 7) is 6.32. The van der Waals surface area contributed by atoms with Gasteiger partial charge in [0.25, 0.3) is 0 Å². The second-order valence-corrected chi connectivity index (χ2v) is 6.57. The first kappa shape index (κ1) is 18.6. The molecule has 2 fully saturated rings. The van der Waals surface area contributed by atoms with Crippen LogP contribution in [0.2, 0.25) is 0 Å². The van der Waals surface area contributed by atoms with Gasteiger partial charge in [-0.2, -0.15) is 0 Å². The standard InChI is InChI=1S/C17H28N4O.ClH/c1-2-17(3-7-18-6-1)21(12-15-4-8-22-9-5-15)13-16-10-19-14-20-11-16;/h10-11,14-15,17-18H,1-9,12-13H2;1H. The Morgan fingerprint density at radius 3 is 2.65 bits per heavy atom. The lowest BCUT2D eigenvalue weighted by Gasteiger charge is -2.35. The SMILES string of the molecule is Cl.c1ncc(CN(CC2CCOCC2)C2CCCNCC2)cn1. The van der Waals surface area contributed by atoms with E-state index in [1.54, 1.807) is 6.33 Å². The third-order valence-corrected chi connectivity index (χ3v) is 4.89. The van der Waals surface area contributed by atoms with E-state index in [1.165, 1.54) is 44.2 Å². The maximum absolute atomic E-state index is 5.52. The normalized spacial score (nSPS) is 23.3. The van der Waals surface area contributed by atoms with Crippen LogP contribution >= 0.6 is 12.4 Å². The van der Waals surface area contributed by atoms with Crippen LogP contribution in [0.1, 0.15) is 37.7 Å². The molecule has 0 aliphatic carbocycles. The molecular weight excluding hydrogens is 312 g/mol. The molecule has 0 saturated carbocycles. The second-order valence-electron chi connectivity index (χ2n) is 6.57. The van der Waals surface area contributed by atoms with Crippen molar-refractivity contribution in [2.45, 2.75) is 44.7 Å². The number of nitrogens with zero attached hydrogens (tertiary/aromatic N) is 3. The lowest BCUT2D eigenvalue weighted by atomic mass is 9.97. The van der Waals surface area contributed by atoms with Gasteiger partial charge in [0.05, 0.1) is 0 Å². The average Bonchev–Trinajstić information content (AvgIpc) is 2.85. The Morgan fingerprint density at radius 1 is 1.09 bits per heavy atom. The van der Waals surface area contributed by atoms with Gasteiger partial charge >= 0.3 is 0 Å². The smallest absolute Gasteiger partial charge is 0.115 e. The highest BCUT2D eigenvalue weighted by molar-refractivity contribution is 5.85. The predicted octanol–water partition coefficient (Wildman–Crippen LogP) is 2.27. The molecule has 0 bridgehead atoms. The maximum Gasteiger partial charge on any atom is 0.115 e. The fourth-order valence-electron chi connectivity index (χ4n) is 3.62. The topological polar surface area (TPSA) is 50.3 Å². The van der Waals surface area contributed by atoms with Gasteiger partial charge in [0.1, 0.15) is 6.33 Å². The Morgan fingerprint density at radius 2 is 1.87 bits per heavy atom. The van der Waals surface area contributed by atoms with E-state index in [0.717, 1.165) is 38.8 Å². The first-order chi connectivity index (χ1) is 10.9. The quantitative estimate of drug-likeness (QED) is 0.891. The fourth-order valence-corrected chi connectivity index (χ4v) is 3.62. The highest BCUT2D eigenvalue weighted by Gasteiger charge is 2.24. The van der Waals surface area contributed by atoms with Crippen molar-refractivity contribution in [3.8, 4) is 0 Å². The Labute approximate surface area is 145 Å². The molecule has 0 aromatic carbocycles. The molecule has 23 heavy (non-hydrogen) atoms. The first-order valence-electron chi connectivity index (χ1n) is 8.68. The zero-order chi connectivity index (χ0) is 15.0. The van der Waals surface area contributed by atoms with Crippen molar-refractivity contribution < 1.29 is 4.74 Å². The molecule has 1 aromatic heterocycles. The zero-order valence-electron chi connectivity index (χ0n) is 13.8. The Balaban J connectivity index is 0.00000192. The molecule has 2 aliphatic heterocycles. The molecule has 6 heteroatoms. The summed E-state index contributed by atoms with van der Waals surface area (Å²) in [6.07, 6.45) is 11.8. The van der Waals surface area contributed by atoms with E-state index in [-0.39, 0.29) is 12.4 Å². The first-order valence-corrected chi connectivity index (χ1v) is 8.68. The molecule has 1 N–H and O–H groups in total. The molecule has 0 amide bonds. The number of nitrogens with one attached hydrogen (secondary N) is 1. The Bertz CT molecular complexity index is 420. The third kappa shape index (κ3) is 5.99. The molecule has 0 spiro atoms. The number of hydrogen-bond donors (Lipinski definition) is 1. The molecule has 1 unspecified atom stereocenters. The van der Waals surface area contributed by atoms with Crippen LogP contribution in [0.15, 0.2) is 18.7 Å². The Hall–Kier alpha value is -0.750. The van der Waals surface area contributed by atoms with Gasteiger partial charge in [-0.15, -0.1) is 12.4 Å². The summed E-state index contributed by atoms with van der Waals surface area (Å²) in [7, 11) is 0. The van der Waals surface area contributed by atoms with Crippen molar-refractivity contribution in [1.82, 2.24) is 20.2 Å². The molecule has 0 radical (unpaired) electrons. The van der Waals surface area contributed by atoms with Crippen molar-refractivity contribution in [1.29, 1.82) is 0 Å². The number of halogens is 1. The summed E-state index contributed by atoms with van der Waals surface area (Å²) in [5.41, 5.74) is 1.23. The zero-order valence-corrected chi connectivity index (χ0v) is 14.6. The fraction of sp³-hybridized carbons (Fsp3) is 0.765. The number of ether oxygens (including phenoxy) is 1. The maximum atomic E-state index is 5.52. The van der Waals surface area contributed by atoms with E-state index in [9.17, 15) is 0 Å². The van der Waals surface area contributed by atoms with E-state index in [1.807, 2.05) is 12.4 Å². The van der Waals surface area contributed by atoms with Crippen molar-refractivity contribution in [2.24, 2.45) is 5.92 Å². The highest BCUT2D eigenvalue weighted by atomic mass is 35.5. The van der Waals surface area contributed by atoms with Crippen molar-refractivity contribution in [3.63, 3.8) is 0 Å². The molecule has 3 heterocycles. The second kappa shape index (κ2) is 10.2. The van der Waals surface area contributed by atoms with Gasteiger partial charge in [0.2, 0.25) is 0 Å². The van der Waals surface area contributed by atoms with Crippen LogP contribution in [0.5, 0.6) is 0 Å². The molecule has 2 aliphatic rings. The van der Waals surface area contributed by atoms with Crippen molar-refractivity contribution in [3.05, 3.63) is 24.3 Å². The lowest BCUT2D eigenvalue weighted by molar-refractivity contribution is 0.0417. The minimum absolute atomic E-state index is 0. The predicted molar refractivity (Wildman–Crippen MR) is 93.7 cm³/mol. The van der Waals surface area contributed by atoms with Crippen LogP contribution < -0.4 is 5.32 Å². The van der Waals surface area contributed by atoms with Crippen LogP contribution in [-0.4, -0.2) is 53.8 Å². The molecule has 1 atom stereocenters. The summed E-state index contributed by atoms with van der Waals surface area (Å²) in [4.78, 5) is 11.0. The molecular formula is C17H29ClN4O. The monoisotopic (exact) mass is 340 g/mol. The van der Waals surface area contributed by atoms with E-state index in [4.69, 9.17) is 4.74 Å². The molecule has 5 nitrogen and oxygen atoms in total. The number of rotatable bonds is 5. The van der Waals surface area contributed by atoms with E-state index >= 15 is 0 Å². The van der Waals surface area contributed by atoms with Crippen LogP contribution in [0.4, 0.5) is 0 Å². The van der Waals surface area contributed by atoms with Gasteiger partial charge in [-0.3, -0.25) is 4.90 Å². The van der Waals surface area contributed by atoms with Gasteiger partial charge in [0, 0.05) is 50.3 Å². The summed E-state index contributed by atoms with van der Waals surface area (Å²) < 4.78 is 5.52.